The molecule has 4 nitrogen and oxygen atoms in total. The maximum absolute atomic E-state index is 12.6. The van der Waals surface area contributed by atoms with Crippen molar-refractivity contribution in [2.75, 3.05) is 13.1 Å². The quantitative estimate of drug-likeness (QED) is 0.751. The monoisotopic (exact) mass is 394 g/mol. The van der Waals surface area contributed by atoms with Gasteiger partial charge in [0.05, 0.1) is 5.56 Å². The van der Waals surface area contributed by atoms with Gasteiger partial charge in [-0.15, -0.1) is 0 Å². The number of hydrogen-bond donors (Lipinski definition) is 2. The molecule has 2 aromatic rings. The first-order chi connectivity index (χ1) is 13.8. The Balaban J connectivity index is 1.58. The van der Waals surface area contributed by atoms with Gasteiger partial charge in [0.2, 0.25) is 0 Å². The smallest absolute Gasteiger partial charge is 0.255 e. The maximum Gasteiger partial charge on any atom is 0.255 e. The fraction of sp³-hybridized carbons (Fsp3) is 0.480. The lowest BCUT2D eigenvalue weighted by Crippen LogP contribution is -2.24. The highest BCUT2D eigenvalue weighted by molar-refractivity contribution is 5.97. The summed E-state index contributed by atoms with van der Waals surface area (Å²) >= 11 is 0. The van der Waals surface area contributed by atoms with E-state index >= 15 is 0 Å². The van der Waals surface area contributed by atoms with Crippen molar-refractivity contribution in [3.63, 3.8) is 0 Å². The minimum atomic E-state index is -0.248. The summed E-state index contributed by atoms with van der Waals surface area (Å²) in [7, 11) is 0. The maximum atomic E-state index is 12.6. The number of nitrogens with one attached hydrogen (secondary N) is 1. The van der Waals surface area contributed by atoms with E-state index < -0.39 is 0 Å². The summed E-state index contributed by atoms with van der Waals surface area (Å²) in [5, 5.41) is 13.0. The minimum Gasteiger partial charge on any atom is -0.507 e. The van der Waals surface area contributed by atoms with E-state index in [4.69, 9.17) is 0 Å². The number of nitrogens with zero attached hydrogens (tertiary/aromatic N) is 1. The molecular weight excluding hydrogens is 360 g/mol. The predicted molar refractivity (Wildman–Crippen MR) is 118 cm³/mol. The van der Waals surface area contributed by atoms with Crippen LogP contribution in [0.25, 0.3) is 0 Å². The van der Waals surface area contributed by atoms with Gasteiger partial charge in [-0.25, -0.2) is 0 Å². The zero-order chi connectivity index (χ0) is 20.9. The minimum absolute atomic E-state index is 0.0169. The molecule has 1 saturated heterocycles. The highest BCUT2D eigenvalue weighted by atomic mass is 16.3. The molecule has 0 spiro atoms. The van der Waals surface area contributed by atoms with E-state index in [1.807, 2.05) is 6.07 Å². The van der Waals surface area contributed by atoms with Gasteiger partial charge in [0.1, 0.15) is 5.75 Å². The van der Waals surface area contributed by atoms with Crippen molar-refractivity contribution in [2.45, 2.75) is 65.0 Å². The van der Waals surface area contributed by atoms with Crippen LogP contribution >= 0.6 is 0 Å². The van der Waals surface area contributed by atoms with E-state index in [0.29, 0.717) is 12.1 Å². The lowest BCUT2D eigenvalue weighted by atomic mass is 9.86. The van der Waals surface area contributed by atoms with Crippen molar-refractivity contribution < 1.29 is 9.90 Å². The van der Waals surface area contributed by atoms with Crippen molar-refractivity contribution in [1.82, 2.24) is 10.2 Å². The molecule has 1 heterocycles. The summed E-state index contributed by atoms with van der Waals surface area (Å²) in [6.07, 6.45) is 5.30. The molecule has 0 unspecified atom stereocenters. The third-order valence-corrected chi connectivity index (χ3v) is 5.69. The van der Waals surface area contributed by atoms with Crippen molar-refractivity contribution in [1.29, 1.82) is 0 Å². The molecule has 0 radical (unpaired) electrons. The van der Waals surface area contributed by atoms with Crippen LogP contribution in [0.2, 0.25) is 0 Å². The molecule has 0 aromatic heterocycles. The van der Waals surface area contributed by atoms with E-state index in [2.05, 4.69) is 55.3 Å². The first kappa shape index (κ1) is 21.4. The fourth-order valence-electron chi connectivity index (χ4n) is 3.78. The van der Waals surface area contributed by atoms with E-state index in [1.54, 1.807) is 12.1 Å². The van der Waals surface area contributed by atoms with Gasteiger partial charge in [-0.1, -0.05) is 63.9 Å². The zero-order valence-electron chi connectivity index (χ0n) is 18.0. The Morgan fingerprint density at radius 3 is 2.21 bits per heavy atom. The van der Waals surface area contributed by atoms with Crippen LogP contribution in [0.3, 0.4) is 0 Å². The van der Waals surface area contributed by atoms with E-state index in [9.17, 15) is 9.90 Å². The second-order valence-corrected chi connectivity index (χ2v) is 9.17. The molecule has 0 aliphatic carbocycles. The average molecular weight is 395 g/mol. The third kappa shape index (κ3) is 6.07. The topological polar surface area (TPSA) is 52.6 Å². The summed E-state index contributed by atoms with van der Waals surface area (Å²) in [6.45, 7) is 10.1. The van der Waals surface area contributed by atoms with Crippen LogP contribution in [0.15, 0.2) is 42.5 Å². The first-order valence-electron chi connectivity index (χ1n) is 10.7. The predicted octanol–water partition coefficient (Wildman–Crippen LogP) is 5.00. The van der Waals surface area contributed by atoms with Crippen LogP contribution < -0.4 is 5.32 Å². The van der Waals surface area contributed by atoms with E-state index in [0.717, 1.165) is 17.7 Å². The number of aromatic hydroxyl groups is 1. The summed E-state index contributed by atoms with van der Waals surface area (Å²) < 4.78 is 0. The SMILES string of the molecule is CC(C)(C)c1ccc(O)c(C(=O)NCc2ccc(CN3CCCCCC3)cc2)c1. The molecule has 1 amide bonds. The van der Waals surface area contributed by atoms with Crippen LogP contribution in [0.4, 0.5) is 0 Å². The van der Waals surface area contributed by atoms with Crippen molar-refractivity contribution in [3.8, 4) is 5.75 Å². The molecule has 0 saturated carbocycles. The van der Waals surface area contributed by atoms with Gasteiger partial charge in [0.25, 0.3) is 5.91 Å². The molecule has 156 valence electrons. The van der Waals surface area contributed by atoms with E-state index in [-0.39, 0.29) is 17.1 Å². The highest BCUT2D eigenvalue weighted by Crippen LogP contribution is 2.27. The van der Waals surface area contributed by atoms with Gasteiger partial charge in [-0.3, -0.25) is 9.69 Å². The van der Waals surface area contributed by atoms with E-state index in [1.165, 1.54) is 44.3 Å². The Morgan fingerprint density at radius 2 is 1.59 bits per heavy atom. The Labute approximate surface area is 174 Å². The number of benzene rings is 2. The molecule has 1 aliphatic heterocycles. The van der Waals surface area contributed by atoms with Gasteiger partial charge in [-0.2, -0.15) is 0 Å². The number of phenols is 1. The summed E-state index contributed by atoms with van der Waals surface area (Å²) in [6, 6.07) is 13.7. The van der Waals surface area contributed by atoms with Gasteiger partial charge in [-0.05, 0) is 60.2 Å². The molecule has 1 aliphatic rings. The molecule has 4 heteroatoms. The number of carbonyl (C=O) groups is 1. The van der Waals surface area contributed by atoms with Crippen LogP contribution in [0.5, 0.6) is 5.75 Å². The highest BCUT2D eigenvalue weighted by Gasteiger charge is 2.18. The molecule has 1 fully saturated rings. The van der Waals surface area contributed by atoms with Crippen molar-refractivity contribution >= 4 is 5.91 Å². The number of carbonyl (C=O) groups excluding carboxylic acids is 1. The Kier molecular flexibility index (Phi) is 6.96. The summed E-state index contributed by atoms with van der Waals surface area (Å²) in [5.74, 6) is -0.231. The molecule has 2 N–H and O–H groups in total. The van der Waals surface area contributed by atoms with Gasteiger partial charge in [0.15, 0.2) is 0 Å². The molecule has 29 heavy (non-hydrogen) atoms. The zero-order valence-corrected chi connectivity index (χ0v) is 18.0. The molecule has 0 bridgehead atoms. The Bertz CT molecular complexity index is 814. The number of hydrogen-bond acceptors (Lipinski definition) is 3. The van der Waals surface area contributed by atoms with Gasteiger partial charge < -0.3 is 10.4 Å². The summed E-state index contributed by atoms with van der Waals surface area (Å²) in [4.78, 5) is 15.1. The second kappa shape index (κ2) is 9.45. The lowest BCUT2D eigenvalue weighted by Gasteiger charge is -2.20. The van der Waals surface area contributed by atoms with Gasteiger partial charge in [0, 0.05) is 13.1 Å². The van der Waals surface area contributed by atoms with Crippen molar-refractivity contribution in [3.05, 3.63) is 64.7 Å². The largest absolute Gasteiger partial charge is 0.507 e. The molecule has 3 rings (SSSR count). The number of likely N-dealkylation sites (tertiary alicyclic amines) is 1. The second-order valence-electron chi connectivity index (χ2n) is 9.17. The Hall–Kier alpha value is -2.33. The standard InChI is InChI=1S/C25H34N2O2/c1-25(2,3)21-12-13-23(28)22(16-21)24(29)26-17-19-8-10-20(11-9-19)18-27-14-6-4-5-7-15-27/h8-13,16,28H,4-7,14-15,17-18H2,1-3H3,(H,26,29). The molecular formula is C25H34N2O2. The number of amides is 1. The number of phenolic OH excluding ortho intramolecular Hbond substituents is 1. The normalized spacial score (nSPS) is 15.7. The van der Waals surface area contributed by atoms with Crippen LogP contribution in [0, 0.1) is 0 Å². The van der Waals surface area contributed by atoms with Gasteiger partial charge >= 0.3 is 0 Å². The Morgan fingerprint density at radius 1 is 0.966 bits per heavy atom. The molecule has 0 atom stereocenters. The average Bonchev–Trinajstić information content (AvgIpc) is 2.95. The van der Waals surface area contributed by atoms with Crippen molar-refractivity contribution in [2.24, 2.45) is 0 Å². The lowest BCUT2D eigenvalue weighted by molar-refractivity contribution is 0.0948. The third-order valence-electron chi connectivity index (χ3n) is 5.69. The molecule has 2 aromatic carbocycles. The summed E-state index contributed by atoms with van der Waals surface area (Å²) in [5.41, 5.74) is 3.65. The van der Waals surface area contributed by atoms with Crippen LogP contribution in [-0.2, 0) is 18.5 Å². The van der Waals surface area contributed by atoms with Crippen LogP contribution in [0.1, 0.15) is 73.5 Å². The first-order valence-corrected chi connectivity index (χ1v) is 10.7. The van der Waals surface area contributed by atoms with Crippen LogP contribution in [-0.4, -0.2) is 29.0 Å². The fourth-order valence-corrected chi connectivity index (χ4v) is 3.78. The number of rotatable bonds is 5.